The van der Waals surface area contributed by atoms with Gasteiger partial charge in [0.2, 0.25) is 0 Å². The first-order chi connectivity index (χ1) is 12.1. The number of nitrogens with one attached hydrogen (secondary N) is 1. The summed E-state index contributed by atoms with van der Waals surface area (Å²) in [4.78, 5) is 0. The summed E-state index contributed by atoms with van der Waals surface area (Å²) in [6, 6.07) is 5.34. The molecule has 0 spiro atoms. The second-order valence-corrected chi connectivity index (χ2v) is 6.99. The number of rotatable bonds is 7. The van der Waals surface area contributed by atoms with E-state index in [1.807, 2.05) is 6.07 Å². The third kappa shape index (κ3) is 4.18. The molecular formula is C19H27FN4O. The van der Waals surface area contributed by atoms with Gasteiger partial charge in [-0.15, -0.1) is 10.2 Å². The minimum atomic E-state index is -0.302. The van der Waals surface area contributed by atoms with Crippen molar-refractivity contribution in [2.45, 2.75) is 52.1 Å². The molecule has 2 aromatic rings. The first-order valence-corrected chi connectivity index (χ1v) is 9.06. The van der Waals surface area contributed by atoms with Crippen molar-refractivity contribution in [2.24, 2.45) is 5.92 Å². The maximum Gasteiger partial charge on any atom is 0.165 e. The molecule has 6 heteroatoms. The zero-order valence-electron chi connectivity index (χ0n) is 15.3. The van der Waals surface area contributed by atoms with Gasteiger partial charge in [0.05, 0.1) is 13.2 Å². The fourth-order valence-corrected chi connectivity index (χ4v) is 3.43. The number of aryl methyl sites for hydroxylation is 1. The Morgan fingerprint density at radius 3 is 2.88 bits per heavy atom. The second kappa shape index (κ2) is 7.95. The van der Waals surface area contributed by atoms with Gasteiger partial charge in [0.25, 0.3) is 0 Å². The van der Waals surface area contributed by atoms with E-state index in [2.05, 4.69) is 33.9 Å². The number of ether oxygens (including phenoxy) is 1. The highest BCUT2D eigenvalue weighted by atomic mass is 19.1. The minimum absolute atomic E-state index is 0.161. The van der Waals surface area contributed by atoms with Crippen molar-refractivity contribution in [3.8, 4) is 5.75 Å². The van der Waals surface area contributed by atoms with Crippen LogP contribution >= 0.6 is 0 Å². The number of benzene rings is 1. The van der Waals surface area contributed by atoms with Crippen LogP contribution in [-0.4, -0.2) is 28.4 Å². The molecule has 0 bridgehead atoms. The van der Waals surface area contributed by atoms with Gasteiger partial charge in [0, 0.05) is 13.0 Å². The fourth-order valence-electron chi connectivity index (χ4n) is 3.43. The molecule has 0 saturated heterocycles. The molecule has 2 atom stereocenters. The van der Waals surface area contributed by atoms with Gasteiger partial charge in [-0.1, -0.05) is 13.0 Å². The van der Waals surface area contributed by atoms with Gasteiger partial charge in [-0.3, -0.25) is 0 Å². The lowest BCUT2D eigenvalue weighted by Crippen LogP contribution is -2.28. The Hall–Kier alpha value is -1.95. The molecular weight excluding hydrogens is 319 g/mol. The van der Waals surface area contributed by atoms with Crippen LogP contribution in [0.5, 0.6) is 5.75 Å². The molecule has 3 rings (SSSR count). The van der Waals surface area contributed by atoms with Crippen molar-refractivity contribution in [2.75, 3.05) is 13.7 Å². The van der Waals surface area contributed by atoms with Crippen molar-refractivity contribution in [1.29, 1.82) is 0 Å². The summed E-state index contributed by atoms with van der Waals surface area (Å²) in [7, 11) is 1.48. The van der Waals surface area contributed by atoms with E-state index in [4.69, 9.17) is 4.74 Å². The van der Waals surface area contributed by atoms with E-state index in [1.165, 1.54) is 20.0 Å². The fraction of sp³-hybridized carbons (Fsp3) is 0.579. The number of hydrogen-bond acceptors (Lipinski definition) is 4. The van der Waals surface area contributed by atoms with Crippen LogP contribution in [0.1, 0.15) is 49.9 Å². The van der Waals surface area contributed by atoms with Gasteiger partial charge < -0.3 is 14.6 Å². The molecule has 1 N–H and O–H groups in total. The average molecular weight is 346 g/mol. The van der Waals surface area contributed by atoms with E-state index < -0.39 is 0 Å². The van der Waals surface area contributed by atoms with E-state index in [0.717, 1.165) is 43.1 Å². The number of aromatic nitrogens is 3. The van der Waals surface area contributed by atoms with Crippen LogP contribution in [0, 0.1) is 11.7 Å². The van der Waals surface area contributed by atoms with Gasteiger partial charge in [0.1, 0.15) is 11.6 Å². The van der Waals surface area contributed by atoms with E-state index in [0.29, 0.717) is 11.7 Å². The Bertz CT molecular complexity index is 715. The quantitative estimate of drug-likeness (QED) is 0.836. The number of nitrogens with zero attached hydrogens (tertiary/aromatic N) is 3. The molecule has 0 aliphatic carbocycles. The molecule has 0 radical (unpaired) electrons. The normalized spacial score (nSPS) is 16.3. The average Bonchev–Trinajstić information content (AvgIpc) is 3.04. The van der Waals surface area contributed by atoms with Gasteiger partial charge in [-0.25, -0.2) is 4.39 Å². The highest BCUT2D eigenvalue weighted by molar-refractivity contribution is 5.29. The SMILES string of the molecule is COc1ccc(C[C@H](C)CN[C@@H](C)c2nnc3n2CCCC3)cc1F. The molecule has 1 aromatic carbocycles. The lowest BCUT2D eigenvalue weighted by Gasteiger charge is -2.20. The second-order valence-electron chi connectivity index (χ2n) is 6.99. The van der Waals surface area contributed by atoms with E-state index in [-0.39, 0.29) is 11.9 Å². The van der Waals surface area contributed by atoms with E-state index in [9.17, 15) is 4.39 Å². The maximum atomic E-state index is 13.8. The van der Waals surface area contributed by atoms with Crippen LogP contribution in [0.2, 0.25) is 0 Å². The summed E-state index contributed by atoms with van der Waals surface area (Å²) < 4.78 is 21.0. The summed E-state index contributed by atoms with van der Waals surface area (Å²) in [6.45, 7) is 6.16. The smallest absolute Gasteiger partial charge is 0.165 e. The van der Waals surface area contributed by atoms with Crippen molar-refractivity contribution in [3.63, 3.8) is 0 Å². The van der Waals surface area contributed by atoms with Crippen LogP contribution in [-0.2, 0) is 19.4 Å². The number of halogens is 1. The predicted octanol–water partition coefficient (Wildman–Crippen LogP) is 3.29. The van der Waals surface area contributed by atoms with Crippen molar-refractivity contribution in [1.82, 2.24) is 20.1 Å². The molecule has 0 fully saturated rings. The van der Waals surface area contributed by atoms with Crippen molar-refractivity contribution >= 4 is 0 Å². The van der Waals surface area contributed by atoms with Crippen LogP contribution in [0.15, 0.2) is 18.2 Å². The Morgan fingerprint density at radius 2 is 2.12 bits per heavy atom. The summed E-state index contributed by atoms with van der Waals surface area (Å²) in [5.41, 5.74) is 0.986. The lowest BCUT2D eigenvalue weighted by atomic mass is 10.0. The molecule has 136 valence electrons. The summed E-state index contributed by atoms with van der Waals surface area (Å²) in [6.07, 6.45) is 4.25. The topological polar surface area (TPSA) is 52.0 Å². The van der Waals surface area contributed by atoms with Gasteiger partial charge in [-0.2, -0.15) is 0 Å². The van der Waals surface area contributed by atoms with E-state index in [1.54, 1.807) is 12.1 Å². The highest BCUT2D eigenvalue weighted by Crippen LogP contribution is 2.21. The summed E-state index contributed by atoms with van der Waals surface area (Å²) in [5, 5.41) is 12.2. The predicted molar refractivity (Wildman–Crippen MR) is 95.2 cm³/mol. The monoisotopic (exact) mass is 346 g/mol. The molecule has 1 aliphatic rings. The third-order valence-corrected chi connectivity index (χ3v) is 4.85. The standard InChI is InChI=1S/C19H27FN4O/c1-13(10-15-7-8-17(25-3)16(20)11-15)12-21-14(2)19-23-22-18-6-4-5-9-24(18)19/h7-8,11,13-14,21H,4-6,9-10,12H2,1-3H3/t13-,14-/m0/s1. The van der Waals surface area contributed by atoms with Crippen LogP contribution < -0.4 is 10.1 Å². The number of fused-ring (bicyclic) bond motifs is 1. The summed E-state index contributed by atoms with van der Waals surface area (Å²) >= 11 is 0. The molecule has 1 aromatic heterocycles. The molecule has 0 amide bonds. The largest absolute Gasteiger partial charge is 0.494 e. The van der Waals surface area contributed by atoms with Crippen LogP contribution in [0.25, 0.3) is 0 Å². The Balaban J connectivity index is 1.54. The van der Waals surface area contributed by atoms with Crippen LogP contribution in [0.4, 0.5) is 4.39 Å². The molecule has 5 nitrogen and oxygen atoms in total. The highest BCUT2D eigenvalue weighted by Gasteiger charge is 2.20. The molecule has 2 heterocycles. The van der Waals surface area contributed by atoms with Gasteiger partial charge >= 0.3 is 0 Å². The zero-order chi connectivity index (χ0) is 17.8. The number of hydrogen-bond donors (Lipinski definition) is 1. The Morgan fingerprint density at radius 1 is 1.28 bits per heavy atom. The van der Waals surface area contributed by atoms with Crippen molar-refractivity contribution < 1.29 is 9.13 Å². The van der Waals surface area contributed by atoms with Crippen molar-refractivity contribution in [3.05, 3.63) is 41.2 Å². The molecule has 0 unspecified atom stereocenters. The summed E-state index contributed by atoms with van der Waals surface area (Å²) in [5.74, 6) is 2.51. The van der Waals surface area contributed by atoms with Gasteiger partial charge in [0.15, 0.2) is 11.6 Å². The molecule has 25 heavy (non-hydrogen) atoms. The zero-order valence-corrected chi connectivity index (χ0v) is 15.3. The van der Waals surface area contributed by atoms with Crippen LogP contribution in [0.3, 0.4) is 0 Å². The molecule has 1 aliphatic heterocycles. The Kier molecular flexibility index (Phi) is 5.68. The minimum Gasteiger partial charge on any atom is -0.494 e. The van der Waals surface area contributed by atoms with E-state index >= 15 is 0 Å². The third-order valence-electron chi connectivity index (χ3n) is 4.85. The maximum absolute atomic E-state index is 13.8. The molecule has 0 saturated carbocycles. The van der Waals surface area contributed by atoms with Gasteiger partial charge in [-0.05, 0) is 56.3 Å². The first-order valence-electron chi connectivity index (χ1n) is 9.06. The number of methoxy groups -OCH3 is 1. The Labute approximate surface area is 148 Å². The lowest BCUT2D eigenvalue weighted by molar-refractivity contribution is 0.385. The first kappa shape index (κ1) is 17.9.